The normalized spacial score (nSPS) is 17.3. The predicted octanol–water partition coefficient (Wildman–Crippen LogP) is 3.81. The Balaban J connectivity index is 0.000000637. The number of hydrogen-bond donors (Lipinski definition) is 0. The average Bonchev–Trinajstić information content (AvgIpc) is 2.49. The van der Waals surface area contributed by atoms with Gasteiger partial charge in [-0.05, 0) is 31.1 Å². The lowest BCUT2D eigenvalue weighted by molar-refractivity contribution is 0.191. The van der Waals surface area contributed by atoms with Gasteiger partial charge in [-0.15, -0.1) is 0 Å². The van der Waals surface area contributed by atoms with Crippen molar-refractivity contribution >= 4 is 5.82 Å². The molecular weight excluding hydrogens is 236 g/mol. The van der Waals surface area contributed by atoms with Crippen LogP contribution in [0.1, 0.15) is 32.3 Å². The van der Waals surface area contributed by atoms with Gasteiger partial charge < -0.3 is 9.64 Å². The molecule has 1 aliphatic carbocycles. The number of ether oxygens (including phenoxy) is 1. The maximum atomic E-state index is 5.73. The zero-order chi connectivity index (χ0) is 13.7. The summed E-state index contributed by atoms with van der Waals surface area (Å²) in [6.45, 7) is 7.73. The second-order valence-corrected chi connectivity index (χ2v) is 4.39. The summed E-state index contributed by atoms with van der Waals surface area (Å²) in [5.41, 5.74) is 2.39. The molecule has 0 radical (unpaired) electrons. The lowest BCUT2D eigenvalue weighted by atomic mass is 10.1. The lowest BCUT2D eigenvalue weighted by Crippen LogP contribution is -2.33. The first-order valence-corrected chi connectivity index (χ1v) is 7.08. The third-order valence-electron chi connectivity index (χ3n) is 3.22. The van der Waals surface area contributed by atoms with Crippen molar-refractivity contribution in [3.63, 3.8) is 0 Å². The first kappa shape index (κ1) is 13.7. The minimum absolute atomic E-state index is 0.753. The van der Waals surface area contributed by atoms with Crippen LogP contribution in [0.5, 0.6) is 0 Å². The summed E-state index contributed by atoms with van der Waals surface area (Å²) in [7, 11) is 0. The Bertz CT molecular complexity index is 491. The molecule has 1 aliphatic heterocycles. The van der Waals surface area contributed by atoms with Gasteiger partial charge in [0.05, 0.1) is 12.2 Å². The SMILES string of the molecule is CC.Cc1cccnc1N1CCOC2=C1C=CCC2. The van der Waals surface area contributed by atoms with E-state index in [0.29, 0.717) is 0 Å². The molecule has 0 aromatic carbocycles. The molecule has 0 bridgehead atoms. The number of rotatable bonds is 1. The Kier molecular flexibility index (Phi) is 4.61. The number of nitrogens with zero attached hydrogens (tertiary/aromatic N) is 2. The Morgan fingerprint density at radius 3 is 2.95 bits per heavy atom. The largest absolute Gasteiger partial charge is 0.494 e. The molecule has 3 heteroatoms. The fraction of sp³-hybridized carbons (Fsp3) is 0.438. The van der Waals surface area contributed by atoms with Gasteiger partial charge in [-0.2, -0.15) is 0 Å². The van der Waals surface area contributed by atoms with Crippen LogP contribution in [0.25, 0.3) is 0 Å². The molecule has 0 fully saturated rings. The molecule has 0 atom stereocenters. The van der Waals surface area contributed by atoms with E-state index in [4.69, 9.17) is 4.74 Å². The van der Waals surface area contributed by atoms with E-state index < -0.39 is 0 Å². The molecule has 0 N–H and O–H groups in total. The van der Waals surface area contributed by atoms with E-state index in [-0.39, 0.29) is 0 Å². The van der Waals surface area contributed by atoms with E-state index >= 15 is 0 Å². The highest BCUT2D eigenvalue weighted by Gasteiger charge is 2.23. The smallest absolute Gasteiger partial charge is 0.136 e. The first-order chi connectivity index (χ1) is 9.36. The van der Waals surface area contributed by atoms with Gasteiger partial charge in [0.15, 0.2) is 0 Å². The van der Waals surface area contributed by atoms with Crippen LogP contribution in [0.3, 0.4) is 0 Å². The number of hydrogen-bond acceptors (Lipinski definition) is 3. The summed E-state index contributed by atoms with van der Waals surface area (Å²) in [5, 5.41) is 0. The van der Waals surface area contributed by atoms with Gasteiger partial charge in [0.25, 0.3) is 0 Å². The zero-order valence-corrected chi connectivity index (χ0v) is 12.0. The second-order valence-electron chi connectivity index (χ2n) is 4.39. The van der Waals surface area contributed by atoms with Crippen molar-refractivity contribution in [2.45, 2.75) is 33.6 Å². The number of aromatic nitrogens is 1. The van der Waals surface area contributed by atoms with Crippen molar-refractivity contribution in [2.24, 2.45) is 0 Å². The van der Waals surface area contributed by atoms with E-state index in [2.05, 4.69) is 35.0 Å². The van der Waals surface area contributed by atoms with E-state index in [9.17, 15) is 0 Å². The topological polar surface area (TPSA) is 25.4 Å². The minimum atomic E-state index is 0.753. The molecule has 2 aliphatic rings. The van der Waals surface area contributed by atoms with E-state index in [1.807, 2.05) is 26.1 Å². The maximum absolute atomic E-state index is 5.73. The number of aryl methyl sites for hydroxylation is 1. The van der Waals surface area contributed by atoms with Crippen LogP contribution < -0.4 is 4.90 Å². The fourth-order valence-electron chi connectivity index (χ4n) is 2.38. The van der Waals surface area contributed by atoms with Crippen LogP contribution >= 0.6 is 0 Å². The molecule has 0 amide bonds. The van der Waals surface area contributed by atoms with Crippen molar-refractivity contribution < 1.29 is 4.74 Å². The van der Waals surface area contributed by atoms with Crippen molar-refractivity contribution in [2.75, 3.05) is 18.1 Å². The highest BCUT2D eigenvalue weighted by molar-refractivity contribution is 5.56. The summed E-state index contributed by atoms with van der Waals surface area (Å²) in [4.78, 5) is 6.76. The molecule has 0 unspecified atom stereocenters. The number of pyridine rings is 1. The highest BCUT2D eigenvalue weighted by atomic mass is 16.5. The Morgan fingerprint density at radius 1 is 1.32 bits per heavy atom. The van der Waals surface area contributed by atoms with Crippen LogP contribution in [0, 0.1) is 6.92 Å². The molecule has 0 saturated heterocycles. The van der Waals surface area contributed by atoms with Gasteiger partial charge in [0, 0.05) is 12.6 Å². The van der Waals surface area contributed by atoms with Gasteiger partial charge in [-0.1, -0.05) is 26.0 Å². The fourth-order valence-corrected chi connectivity index (χ4v) is 2.38. The van der Waals surface area contributed by atoms with Crippen LogP contribution in [-0.2, 0) is 4.74 Å². The Morgan fingerprint density at radius 2 is 2.16 bits per heavy atom. The summed E-state index contributed by atoms with van der Waals surface area (Å²) in [5.74, 6) is 2.17. The Labute approximate surface area is 115 Å². The zero-order valence-electron chi connectivity index (χ0n) is 12.0. The molecule has 0 saturated carbocycles. The van der Waals surface area contributed by atoms with Crippen molar-refractivity contribution in [1.82, 2.24) is 4.98 Å². The van der Waals surface area contributed by atoms with Crippen LogP contribution in [-0.4, -0.2) is 18.1 Å². The molecule has 2 heterocycles. The van der Waals surface area contributed by atoms with Gasteiger partial charge in [-0.25, -0.2) is 4.98 Å². The highest BCUT2D eigenvalue weighted by Crippen LogP contribution is 2.30. The summed E-state index contributed by atoms with van der Waals surface area (Å²) in [6.07, 6.45) is 8.30. The molecule has 0 spiro atoms. The van der Waals surface area contributed by atoms with Gasteiger partial charge in [0.2, 0.25) is 0 Å². The van der Waals surface area contributed by atoms with Gasteiger partial charge in [-0.3, -0.25) is 0 Å². The quantitative estimate of drug-likeness (QED) is 0.766. The van der Waals surface area contributed by atoms with Gasteiger partial charge >= 0.3 is 0 Å². The predicted molar refractivity (Wildman–Crippen MR) is 79.0 cm³/mol. The maximum Gasteiger partial charge on any atom is 0.136 e. The third-order valence-corrected chi connectivity index (χ3v) is 3.22. The molecule has 1 aromatic rings. The number of anilines is 1. The van der Waals surface area contributed by atoms with E-state index in [1.54, 1.807) is 0 Å². The standard InChI is InChI=1S/C14H16N2O.C2H6/c1-11-5-4-8-15-14(11)16-9-10-17-13-7-3-2-6-12(13)16;1-2/h2,4-6,8H,3,7,9-10H2,1H3;1-2H3. The van der Waals surface area contributed by atoms with Crippen molar-refractivity contribution in [1.29, 1.82) is 0 Å². The molecule has 3 rings (SSSR count). The third kappa shape index (κ3) is 2.80. The van der Waals surface area contributed by atoms with Crippen LogP contribution in [0.15, 0.2) is 41.9 Å². The summed E-state index contributed by atoms with van der Waals surface area (Å²) < 4.78 is 5.73. The molecule has 3 nitrogen and oxygen atoms in total. The minimum Gasteiger partial charge on any atom is -0.494 e. The first-order valence-electron chi connectivity index (χ1n) is 7.08. The van der Waals surface area contributed by atoms with E-state index in [0.717, 1.165) is 37.6 Å². The summed E-state index contributed by atoms with van der Waals surface area (Å²) >= 11 is 0. The second kappa shape index (κ2) is 6.41. The molecule has 102 valence electrons. The molecule has 19 heavy (non-hydrogen) atoms. The average molecular weight is 258 g/mol. The monoisotopic (exact) mass is 258 g/mol. The van der Waals surface area contributed by atoms with E-state index in [1.165, 1.54) is 11.3 Å². The Hall–Kier alpha value is -1.77. The lowest BCUT2D eigenvalue weighted by Gasteiger charge is -2.33. The summed E-state index contributed by atoms with van der Waals surface area (Å²) in [6, 6.07) is 4.08. The molecule has 1 aromatic heterocycles. The van der Waals surface area contributed by atoms with Gasteiger partial charge in [0.1, 0.15) is 18.2 Å². The van der Waals surface area contributed by atoms with Crippen molar-refractivity contribution in [3.05, 3.63) is 47.5 Å². The molecular formula is C16H22N2O. The van der Waals surface area contributed by atoms with Crippen LogP contribution in [0.4, 0.5) is 5.82 Å². The van der Waals surface area contributed by atoms with Crippen LogP contribution in [0.2, 0.25) is 0 Å². The number of allylic oxidation sites excluding steroid dienone is 3. The van der Waals surface area contributed by atoms with Crippen molar-refractivity contribution in [3.8, 4) is 0 Å².